The molecule has 0 unspecified atom stereocenters. The number of halogens is 3. The monoisotopic (exact) mass is 595 g/mol. The fourth-order valence-electron chi connectivity index (χ4n) is 5.30. The maximum atomic E-state index is 13.3. The van der Waals surface area contributed by atoms with E-state index in [1.807, 2.05) is 29.7 Å². The number of aromatic nitrogens is 4. The highest BCUT2D eigenvalue weighted by molar-refractivity contribution is 5.93. The van der Waals surface area contributed by atoms with E-state index in [1.165, 1.54) is 19.2 Å². The number of carbonyl (C=O) groups is 1. The molecule has 5 rings (SSSR count). The molecule has 0 aliphatic heterocycles. The van der Waals surface area contributed by atoms with Gasteiger partial charge in [-0.25, -0.2) is 19.7 Å². The Balaban J connectivity index is 1.75. The highest BCUT2D eigenvalue weighted by atomic mass is 19.4. The number of imidazole rings is 1. The lowest BCUT2D eigenvalue weighted by Crippen LogP contribution is -2.31. The zero-order valence-corrected chi connectivity index (χ0v) is 25.0. The van der Waals surface area contributed by atoms with Crippen molar-refractivity contribution in [3.63, 3.8) is 0 Å². The molecule has 43 heavy (non-hydrogen) atoms. The van der Waals surface area contributed by atoms with Crippen LogP contribution in [0.15, 0.2) is 42.5 Å². The van der Waals surface area contributed by atoms with Gasteiger partial charge in [-0.2, -0.15) is 13.2 Å². The van der Waals surface area contributed by atoms with Gasteiger partial charge in [0.15, 0.2) is 11.5 Å². The van der Waals surface area contributed by atoms with Crippen LogP contribution >= 0.6 is 0 Å². The lowest BCUT2D eigenvalue weighted by Gasteiger charge is -2.32. The topological polar surface area (TPSA) is 91.2 Å². The summed E-state index contributed by atoms with van der Waals surface area (Å²) in [5.41, 5.74) is 2.46. The molecular formula is C32H36F3N5O3. The summed E-state index contributed by atoms with van der Waals surface area (Å²) in [4.78, 5) is 26.6. The van der Waals surface area contributed by atoms with Crippen LogP contribution in [-0.4, -0.2) is 45.2 Å². The summed E-state index contributed by atoms with van der Waals surface area (Å²) in [7, 11) is 1.26. The van der Waals surface area contributed by atoms with Crippen molar-refractivity contribution in [2.24, 2.45) is 5.92 Å². The summed E-state index contributed by atoms with van der Waals surface area (Å²) < 4.78 is 52.8. The Morgan fingerprint density at radius 1 is 1.07 bits per heavy atom. The van der Waals surface area contributed by atoms with Crippen LogP contribution in [0, 0.1) is 5.92 Å². The van der Waals surface area contributed by atoms with Gasteiger partial charge in [0.25, 0.3) is 0 Å². The number of esters is 1. The molecule has 1 fully saturated rings. The summed E-state index contributed by atoms with van der Waals surface area (Å²) in [5.74, 6) is 1.35. The van der Waals surface area contributed by atoms with Crippen molar-refractivity contribution >= 4 is 23.0 Å². The quantitative estimate of drug-likeness (QED) is 0.190. The van der Waals surface area contributed by atoms with Crippen LogP contribution in [0.1, 0.15) is 80.2 Å². The summed E-state index contributed by atoms with van der Waals surface area (Å²) in [6, 6.07) is 11.0. The SMILES string of the molecule is CCOc1ccc(C(C)C)cc1-c1nc2nc(C(=O)OC)nc(N[C@H](C)C3CCC3)c2n1Cc1ccc(C(F)(F)F)cc1. The zero-order chi connectivity index (χ0) is 30.9. The Kier molecular flexibility index (Phi) is 8.62. The maximum Gasteiger partial charge on any atom is 0.416 e. The highest BCUT2D eigenvalue weighted by Gasteiger charge is 2.31. The van der Waals surface area contributed by atoms with E-state index in [1.54, 1.807) is 0 Å². The first-order valence-electron chi connectivity index (χ1n) is 14.6. The van der Waals surface area contributed by atoms with Crippen molar-refractivity contribution in [2.45, 2.75) is 71.6 Å². The molecule has 0 amide bonds. The van der Waals surface area contributed by atoms with E-state index in [2.05, 4.69) is 36.1 Å². The predicted octanol–water partition coefficient (Wildman–Crippen LogP) is 7.47. The number of fused-ring (bicyclic) bond motifs is 1. The summed E-state index contributed by atoms with van der Waals surface area (Å²) in [6.07, 6.45) is -1.11. The van der Waals surface area contributed by atoms with Crippen molar-refractivity contribution in [3.05, 3.63) is 65.0 Å². The first-order valence-corrected chi connectivity index (χ1v) is 14.6. The van der Waals surface area contributed by atoms with Gasteiger partial charge >= 0.3 is 12.1 Å². The lowest BCUT2D eigenvalue weighted by atomic mass is 9.80. The normalized spacial score (nSPS) is 14.5. The Bertz CT molecular complexity index is 1610. The van der Waals surface area contributed by atoms with Gasteiger partial charge in [-0.05, 0) is 73.9 Å². The molecule has 2 aromatic carbocycles. The number of nitrogens with one attached hydrogen (secondary N) is 1. The fraction of sp³-hybridized carbons (Fsp3) is 0.438. The molecule has 0 radical (unpaired) electrons. The number of rotatable bonds is 10. The van der Waals surface area contributed by atoms with Crippen molar-refractivity contribution in [1.29, 1.82) is 0 Å². The Labute approximate surface area is 248 Å². The van der Waals surface area contributed by atoms with Gasteiger partial charge in [-0.3, -0.25) is 0 Å². The Morgan fingerprint density at radius 2 is 1.79 bits per heavy atom. The van der Waals surface area contributed by atoms with E-state index < -0.39 is 17.7 Å². The van der Waals surface area contributed by atoms with Crippen LogP contribution in [0.5, 0.6) is 5.75 Å². The molecule has 1 N–H and O–H groups in total. The average molecular weight is 596 g/mol. The van der Waals surface area contributed by atoms with Crippen LogP contribution < -0.4 is 10.1 Å². The minimum atomic E-state index is -4.44. The van der Waals surface area contributed by atoms with Gasteiger partial charge in [-0.1, -0.05) is 38.5 Å². The molecule has 1 saturated carbocycles. The van der Waals surface area contributed by atoms with Gasteiger partial charge in [0.1, 0.15) is 17.1 Å². The van der Waals surface area contributed by atoms with Crippen LogP contribution in [0.4, 0.5) is 19.0 Å². The highest BCUT2D eigenvalue weighted by Crippen LogP contribution is 2.38. The molecule has 2 aromatic heterocycles. The number of nitrogens with zero attached hydrogens (tertiary/aromatic N) is 4. The van der Waals surface area contributed by atoms with Crippen LogP contribution in [0.3, 0.4) is 0 Å². The van der Waals surface area contributed by atoms with E-state index in [0.717, 1.165) is 37.0 Å². The van der Waals surface area contributed by atoms with Crippen LogP contribution in [-0.2, 0) is 17.5 Å². The zero-order valence-electron chi connectivity index (χ0n) is 25.0. The molecule has 2 heterocycles. The second-order valence-electron chi connectivity index (χ2n) is 11.2. The minimum Gasteiger partial charge on any atom is -0.493 e. The molecule has 0 spiro atoms. The third-order valence-electron chi connectivity index (χ3n) is 8.03. The molecule has 4 aromatic rings. The number of benzene rings is 2. The average Bonchev–Trinajstić information content (AvgIpc) is 3.29. The standard InChI is InChI=1S/C32H36F3N5O3/c1-6-43-25-15-12-22(18(2)3)16-24(25)30-39-28-26(40(30)17-20-10-13-23(14-11-20)32(33,34)35)27(36-19(4)21-8-7-9-21)37-29(38-28)31(41)42-5/h10-16,18-19,21H,6-9,17H2,1-5H3,(H,36,37,38)/t19-/m1/s1. The Morgan fingerprint density at radius 3 is 2.37 bits per heavy atom. The number of alkyl halides is 3. The predicted molar refractivity (Wildman–Crippen MR) is 158 cm³/mol. The molecule has 1 aliphatic carbocycles. The van der Waals surface area contributed by atoms with Gasteiger partial charge < -0.3 is 19.4 Å². The van der Waals surface area contributed by atoms with Gasteiger partial charge in [0, 0.05) is 12.6 Å². The van der Waals surface area contributed by atoms with Gasteiger partial charge in [-0.15, -0.1) is 0 Å². The van der Waals surface area contributed by atoms with Crippen molar-refractivity contribution in [3.8, 4) is 17.1 Å². The second-order valence-corrected chi connectivity index (χ2v) is 11.2. The van der Waals surface area contributed by atoms with Gasteiger partial charge in [0.2, 0.25) is 5.82 Å². The number of ether oxygens (including phenoxy) is 2. The smallest absolute Gasteiger partial charge is 0.416 e. The maximum absolute atomic E-state index is 13.3. The van der Waals surface area contributed by atoms with Crippen LogP contribution in [0.25, 0.3) is 22.6 Å². The van der Waals surface area contributed by atoms with E-state index in [0.29, 0.717) is 46.6 Å². The number of anilines is 1. The third kappa shape index (κ3) is 6.30. The first kappa shape index (κ1) is 30.3. The largest absolute Gasteiger partial charge is 0.493 e. The van der Waals surface area contributed by atoms with E-state index in [9.17, 15) is 18.0 Å². The minimum absolute atomic E-state index is 0.0541. The van der Waals surface area contributed by atoms with Crippen molar-refractivity contribution in [2.75, 3.05) is 19.0 Å². The molecule has 11 heteroatoms. The number of methoxy groups -OCH3 is 1. The summed E-state index contributed by atoms with van der Waals surface area (Å²) in [6.45, 7) is 8.74. The molecule has 1 aliphatic rings. The summed E-state index contributed by atoms with van der Waals surface area (Å²) >= 11 is 0. The van der Waals surface area contributed by atoms with Crippen LogP contribution in [0.2, 0.25) is 0 Å². The van der Waals surface area contributed by atoms with E-state index >= 15 is 0 Å². The van der Waals surface area contributed by atoms with Crippen molar-refractivity contribution in [1.82, 2.24) is 19.5 Å². The van der Waals surface area contributed by atoms with E-state index in [4.69, 9.17) is 14.5 Å². The number of hydrogen-bond acceptors (Lipinski definition) is 7. The van der Waals surface area contributed by atoms with Crippen molar-refractivity contribution < 1.29 is 27.4 Å². The summed E-state index contributed by atoms with van der Waals surface area (Å²) in [5, 5.41) is 3.50. The van der Waals surface area contributed by atoms with E-state index in [-0.39, 0.29) is 30.0 Å². The lowest BCUT2D eigenvalue weighted by molar-refractivity contribution is -0.137. The third-order valence-corrected chi connectivity index (χ3v) is 8.03. The molecule has 0 bridgehead atoms. The van der Waals surface area contributed by atoms with Gasteiger partial charge in [0.05, 0.1) is 24.8 Å². The number of hydrogen-bond donors (Lipinski definition) is 1. The molecule has 0 saturated heterocycles. The molecule has 8 nitrogen and oxygen atoms in total. The molecule has 1 atom stereocenters. The molecular weight excluding hydrogens is 559 g/mol. The Hall–Kier alpha value is -4.15. The molecule has 228 valence electrons. The number of carbonyl (C=O) groups excluding carboxylic acids is 1. The first-order chi connectivity index (χ1) is 20.5. The fourth-order valence-corrected chi connectivity index (χ4v) is 5.30. The second kappa shape index (κ2) is 12.2.